The molecule has 0 fully saturated rings. The number of sulfonamides is 1. The first kappa shape index (κ1) is 27.6. The Morgan fingerprint density at radius 3 is 2.27 bits per heavy atom. The number of benzene rings is 3. The Labute approximate surface area is 217 Å². The van der Waals surface area contributed by atoms with Crippen LogP contribution in [0.25, 0.3) is 0 Å². The highest BCUT2D eigenvalue weighted by Gasteiger charge is 2.26. The fourth-order valence-electron chi connectivity index (χ4n) is 3.44. The number of amides is 2. The molecule has 3 rings (SSSR count). The number of hydrazone groups is 1. The molecule has 0 unspecified atom stereocenters. The van der Waals surface area contributed by atoms with E-state index in [0.29, 0.717) is 18.7 Å². The van der Waals surface area contributed by atoms with Crippen molar-refractivity contribution in [2.75, 3.05) is 25.0 Å². The molecular formula is C27H30N4O5S. The Balaban J connectivity index is 1.72. The minimum absolute atomic E-state index is 0.0142. The summed E-state index contributed by atoms with van der Waals surface area (Å²) in [5.74, 6) is -0.107. The Kier molecular flexibility index (Phi) is 9.93. The van der Waals surface area contributed by atoms with E-state index >= 15 is 0 Å². The van der Waals surface area contributed by atoms with Gasteiger partial charge in [0.15, 0.2) is 0 Å². The number of rotatable bonds is 12. The molecule has 37 heavy (non-hydrogen) atoms. The molecule has 9 nitrogen and oxygen atoms in total. The summed E-state index contributed by atoms with van der Waals surface area (Å²) in [4.78, 5) is 23.9. The minimum atomic E-state index is -4.00. The first-order valence-electron chi connectivity index (χ1n) is 11.7. The minimum Gasteiger partial charge on any atom is -0.494 e. The van der Waals surface area contributed by atoms with E-state index < -0.39 is 22.5 Å². The highest BCUT2D eigenvalue weighted by Crippen LogP contribution is 2.19. The lowest BCUT2D eigenvalue weighted by molar-refractivity contribution is -0.121. The largest absolute Gasteiger partial charge is 0.494 e. The van der Waals surface area contributed by atoms with E-state index in [1.54, 1.807) is 24.3 Å². The second-order valence-corrected chi connectivity index (χ2v) is 10.0. The predicted octanol–water partition coefficient (Wildman–Crippen LogP) is 3.43. The third-order valence-corrected chi connectivity index (χ3v) is 7.08. The van der Waals surface area contributed by atoms with E-state index in [0.717, 1.165) is 21.2 Å². The van der Waals surface area contributed by atoms with Crippen LogP contribution in [-0.4, -0.2) is 50.4 Å². The molecule has 0 radical (unpaired) electrons. The molecule has 0 aromatic heterocycles. The number of carbonyl (C=O) groups is 2. The van der Waals surface area contributed by atoms with E-state index in [-0.39, 0.29) is 17.3 Å². The first-order chi connectivity index (χ1) is 17.8. The molecule has 0 saturated carbocycles. The van der Waals surface area contributed by atoms with Gasteiger partial charge < -0.3 is 10.1 Å². The summed E-state index contributed by atoms with van der Waals surface area (Å²) in [5.41, 5.74) is 4.56. The van der Waals surface area contributed by atoms with E-state index in [1.165, 1.54) is 37.4 Å². The molecule has 0 saturated heterocycles. The van der Waals surface area contributed by atoms with Crippen LogP contribution in [0.15, 0.2) is 88.9 Å². The fourth-order valence-corrected chi connectivity index (χ4v) is 4.83. The Hall–Kier alpha value is -4.02. The average Bonchev–Trinajstić information content (AvgIpc) is 2.88. The third kappa shape index (κ3) is 8.55. The Morgan fingerprint density at radius 1 is 0.973 bits per heavy atom. The fraction of sp³-hybridized carbons (Fsp3) is 0.222. The van der Waals surface area contributed by atoms with E-state index in [4.69, 9.17) is 4.74 Å². The van der Waals surface area contributed by atoms with Crippen LogP contribution >= 0.6 is 0 Å². The summed E-state index contributed by atoms with van der Waals surface area (Å²) in [6.45, 7) is 3.51. The van der Waals surface area contributed by atoms with Gasteiger partial charge in [0, 0.05) is 19.2 Å². The van der Waals surface area contributed by atoms with Crippen molar-refractivity contribution in [2.45, 2.75) is 25.2 Å². The predicted molar refractivity (Wildman–Crippen MR) is 143 cm³/mol. The summed E-state index contributed by atoms with van der Waals surface area (Å²) < 4.78 is 33.3. The van der Waals surface area contributed by atoms with Gasteiger partial charge in [0.05, 0.1) is 24.3 Å². The maximum atomic E-state index is 13.4. The molecule has 194 valence electrons. The lowest BCUT2D eigenvalue weighted by atomic mass is 10.1. The van der Waals surface area contributed by atoms with Crippen molar-refractivity contribution in [1.82, 2.24) is 9.73 Å². The van der Waals surface area contributed by atoms with Crippen LogP contribution in [0.3, 0.4) is 0 Å². The van der Waals surface area contributed by atoms with E-state index in [1.807, 2.05) is 37.3 Å². The van der Waals surface area contributed by atoms with Crippen molar-refractivity contribution in [1.29, 1.82) is 0 Å². The van der Waals surface area contributed by atoms with Gasteiger partial charge in [-0.25, -0.2) is 13.8 Å². The summed E-state index contributed by atoms with van der Waals surface area (Å²) in [7, 11) is -4.00. The van der Waals surface area contributed by atoms with Gasteiger partial charge in [-0.1, -0.05) is 30.3 Å². The molecule has 0 spiro atoms. The molecule has 2 N–H and O–H groups in total. The third-order valence-electron chi connectivity index (χ3n) is 5.22. The van der Waals surface area contributed by atoms with Crippen molar-refractivity contribution in [2.24, 2.45) is 5.10 Å². The van der Waals surface area contributed by atoms with Gasteiger partial charge in [-0.15, -0.1) is 0 Å². The van der Waals surface area contributed by atoms with Crippen LogP contribution < -0.4 is 15.5 Å². The number of nitrogens with zero attached hydrogens (tertiary/aromatic N) is 2. The quantitative estimate of drug-likeness (QED) is 0.279. The van der Waals surface area contributed by atoms with Gasteiger partial charge in [-0.05, 0) is 73.0 Å². The van der Waals surface area contributed by atoms with Crippen molar-refractivity contribution in [3.05, 3.63) is 90.0 Å². The number of ether oxygens (including phenoxy) is 1. The molecule has 0 atom stereocenters. The Morgan fingerprint density at radius 2 is 1.65 bits per heavy atom. The zero-order chi connectivity index (χ0) is 26.7. The van der Waals surface area contributed by atoms with E-state index in [9.17, 15) is 18.0 Å². The molecule has 0 aliphatic rings. The van der Waals surface area contributed by atoms with Crippen LogP contribution in [0.4, 0.5) is 5.69 Å². The monoisotopic (exact) mass is 522 g/mol. The number of anilines is 1. The first-order valence-corrected chi connectivity index (χ1v) is 13.2. The SMILES string of the molecule is CCOc1ccc(/C=N\NC(=O)CN(CCc2ccccc2)S(=O)(=O)c2ccc(NC(C)=O)cc2)cc1. The molecular weight excluding hydrogens is 492 g/mol. The average molecular weight is 523 g/mol. The van der Waals surface area contributed by atoms with Crippen LogP contribution in [0.2, 0.25) is 0 Å². The highest BCUT2D eigenvalue weighted by atomic mass is 32.2. The molecule has 10 heteroatoms. The number of carbonyl (C=O) groups excluding carboxylic acids is 2. The normalized spacial score (nSPS) is 11.4. The molecule has 0 aliphatic heterocycles. The van der Waals surface area contributed by atoms with Crippen molar-refractivity contribution in [3.63, 3.8) is 0 Å². The topological polar surface area (TPSA) is 117 Å². The highest BCUT2D eigenvalue weighted by molar-refractivity contribution is 7.89. The zero-order valence-electron chi connectivity index (χ0n) is 20.8. The Bertz CT molecular complexity index is 1310. The van der Waals surface area contributed by atoms with Crippen molar-refractivity contribution >= 4 is 33.7 Å². The van der Waals surface area contributed by atoms with Crippen LogP contribution in [0.5, 0.6) is 5.75 Å². The van der Waals surface area contributed by atoms with Gasteiger partial charge >= 0.3 is 0 Å². The number of nitrogens with one attached hydrogen (secondary N) is 2. The molecule has 0 bridgehead atoms. The lowest BCUT2D eigenvalue weighted by Gasteiger charge is -2.21. The molecule has 3 aromatic carbocycles. The standard InChI is InChI=1S/C27H30N4O5S/c1-3-36-25-13-9-23(10-14-25)19-28-30-27(33)20-31(18-17-22-7-5-4-6-8-22)37(34,35)26-15-11-24(12-16-26)29-21(2)32/h4-16,19H,3,17-18,20H2,1-2H3,(H,29,32)(H,30,33)/b28-19-. The number of hydrogen-bond acceptors (Lipinski definition) is 6. The summed E-state index contributed by atoms with van der Waals surface area (Å²) in [5, 5.41) is 6.56. The van der Waals surface area contributed by atoms with E-state index in [2.05, 4.69) is 15.8 Å². The second kappa shape index (κ2) is 13.3. The molecule has 3 aromatic rings. The number of hydrogen-bond donors (Lipinski definition) is 2. The summed E-state index contributed by atoms with van der Waals surface area (Å²) >= 11 is 0. The molecule has 0 heterocycles. The smallest absolute Gasteiger partial charge is 0.255 e. The van der Waals surface area contributed by atoms with Gasteiger partial charge in [0.1, 0.15) is 5.75 Å². The summed E-state index contributed by atoms with van der Waals surface area (Å²) in [6.07, 6.45) is 1.89. The lowest BCUT2D eigenvalue weighted by Crippen LogP contribution is -2.40. The zero-order valence-corrected chi connectivity index (χ0v) is 21.6. The maximum Gasteiger partial charge on any atom is 0.255 e. The summed E-state index contributed by atoms with van der Waals surface area (Å²) in [6, 6.07) is 22.4. The van der Waals surface area contributed by atoms with Crippen LogP contribution in [0.1, 0.15) is 25.0 Å². The van der Waals surface area contributed by atoms with Crippen molar-refractivity contribution < 1.29 is 22.7 Å². The van der Waals surface area contributed by atoms with Crippen LogP contribution in [-0.2, 0) is 26.0 Å². The second-order valence-electron chi connectivity index (χ2n) is 8.07. The molecule has 0 aliphatic carbocycles. The molecule has 2 amide bonds. The van der Waals surface area contributed by atoms with Gasteiger partial charge in [0.25, 0.3) is 5.91 Å². The van der Waals surface area contributed by atoms with Gasteiger partial charge in [0.2, 0.25) is 15.9 Å². The van der Waals surface area contributed by atoms with Crippen LogP contribution in [0, 0.1) is 0 Å². The maximum absolute atomic E-state index is 13.4. The van der Waals surface area contributed by atoms with Gasteiger partial charge in [-0.3, -0.25) is 9.59 Å². The van der Waals surface area contributed by atoms with Crippen molar-refractivity contribution in [3.8, 4) is 5.75 Å². The van der Waals surface area contributed by atoms with Gasteiger partial charge in [-0.2, -0.15) is 9.41 Å².